The minimum atomic E-state index is -4.14. The Morgan fingerprint density at radius 2 is 1.89 bits per heavy atom. The number of aromatic carboxylic acids is 1. The van der Waals surface area contributed by atoms with E-state index in [-0.39, 0.29) is 40.2 Å². The molecule has 150 valence electrons. The van der Waals surface area contributed by atoms with Crippen LogP contribution in [0.2, 0.25) is 0 Å². The van der Waals surface area contributed by atoms with Crippen molar-refractivity contribution in [2.24, 2.45) is 0 Å². The second kappa shape index (κ2) is 9.09. The molecule has 0 bridgehead atoms. The number of likely N-dealkylation sites (N-methyl/N-ethyl adjacent to an activating group) is 1. The number of amides is 1. The SMILES string of the molecule is CCNC(=O)COc1cccc(NS(=O)(=O)c2cc(C(=O)O)ccc2OC)c1. The molecule has 0 fully saturated rings. The molecule has 0 heterocycles. The van der Waals surface area contributed by atoms with E-state index in [4.69, 9.17) is 14.6 Å². The van der Waals surface area contributed by atoms with Gasteiger partial charge in [0.2, 0.25) is 0 Å². The number of carboxylic acids is 1. The van der Waals surface area contributed by atoms with Crippen molar-refractivity contribution >= 4 is 27.6 Å². The summed E-state index contributed by atoms with van der Waals surface area (Å²) < 4.78 is 38.2. The third kappa shape index (κ3) is 5.36. The van der Waals surface area contributed by atoms with Gasteiger partial charge in [-0.25, -0.2) is 13.2 Å². The van der Waals surface area contributed by atoms with Crippen LogP contribution < -0.4 is 19.5 Å². The summed E-state index contributed by atoms with van der Waals surface area (Å²) in [6.45, 7) is 2.04. The van der Waals surface area contributed by atoms with Gasteiger partial charge in [0.25, 0.3) is 15.9 Å². The molecule has 10 heteroatoms. The highest BCUT2D eigenvalue weighted by atomic mass is 32.2. The predicted octanol–water partition coefficient (Wildman–Crippen LogP) is 1.71. The summed E-state index contributed by atoms with van der Waals surface area (Å²) in [6.07, 6.45) is 0. The molecule has 0 aliphatic rings. The molecule has 2 aromatic carbocycles. The number of methoxy groups -OCH3 is 1. The average molecular weight is 408 g/mol. The zero-order valence-electron chi connectivity index (χ0n) is 15.3. The van der Waals surface area contributed by atoms with E-state index >= 15 is 0 Å². The second-order valence-corrected chi connectivity index (χ2v) is 7.20. The molecular weight excluding hydrogens is 388 g/mol. The van der Waals surface area contributed by atoms with E-state index in [9.17, 15) is 18.0 Å². The number of carboxylic acid groups (broad SMARTS) is 1. The first-order chi connectivity index (χ1) is 13.3. The number of carbonyl (C=O) groups excluding carboxylic acids is 1. The van der Waals surface area contributed by atoms with Crippen LogP contribution in [0.25, 0.3) is 0 Å². The van der Waals surface area contributed by atoms with E-state index in [1.54, 1.807) is 19.1 Å². The van der Waals surface area contributed by atoms with Crippen molar-refractivity contribution in [3.63, 3.8) is 0 Å². The summed E-state index contributed by atoms with van der Waals surface area (Å²) in [5.41, 5.74) is -0.0172. The van der Waals surface area contributed by atoms with Crippen LogP contribution in [0.1, 0.15) is 17.3 Å². The lowest BCUT2D eigenvalue weighted by molar-refractivity contribution is -0.122. The van der Waals surface area contributed by atoms with Gasteiger partial charge in [-0.15, -0.1) is 0 Å². The van der Waals surface area contributed by atoms with E-state index in [2.05, 4.69) is 10.0 Å². The van der Waals surface area contributed by atoms with Gasteiger partial charge in [0.15, 0.2) is 6.61 Å². The monoisotopic (exact) mass is 408 g/mol. The van der Waals surface area contributed by atoms with Gasteiger partial charge in [-0.3, -0.25) is 9.52 Å². The molecule has 0 saturated heterocycles. The van der Waals surface area contributed by atoms with Gasteiger partial charge >= 0.3 is 5.97 Å². The Morgan fingerprint density at radius 1 is 1.14 bits per heavy atom. The van der Waals surface area contributed by atoms with Gasteiger partial charge in [0.05, 0.1) is 18.4 Å². The molecule has 0 unspecified atom stereocenters. The number of benzene rings is 2. The molecule has 0 radical (unpaired) electrons. The molecule has 0 aromatic heterocycles. The van der Waals surface area contributed by atoms with Crippen molar-refractivity contribution in [3.8, 4) is 11.5 Å². The summed E-state index contributed by atoms with van der Waals surface area (Å²) >= 11 is 0. The number of anilines is 1. The summed E-state index contributed by atoms with van der Waals surface area (Å²) in [5, 5.41) is 11.7. The molecule has 0 atom stereocenters. The van der Waals surface area contributed by atoms with Crippen LogP contribution in [0.3, 0.4) is 0 Å². The topological polar surface area (TPSA) is 131 Å². The Balaban J connectivity index is 2.25. The largest absolute Gasteiger partial charge is 0.495 e. The smallest absolute Gasteiger partial charge is 0.335 e. The van der Waals surface area contributed by atoms with Gasteiger partial charge in [-0.1, -0.05) is 6.07 Å². The van der Waals surface area contributed by atoms with Crippen molar-refractivity contribution in [1.29, 1.82) is 0 Å². The zero-order valence-corrected chi connectivity index (χ0v) is 16.1. The van der Waals surface area contributed by atoms with E-state index < -0.39 is 16.0 Å². The second-order valence-electron chi connectivity index (χ2n) is 5.55. The molecular formula is C18H20N2O7S. The number of carbonyl (C=O) groups is 2. The van der Waals surface area contributed by atoms with E-state index in [0.717, 1.165) is 6.07 Å². The van der Waals surface area contributed by atoms with Crippen molar-refractivity contribution in [3.05, 3.63) is 48.0 Å². The predicted molar refractivity (Wildman–Crippen MR) is 101 cm³/mol. The summed E-state index contributed by atoms with van der Waals surface area (Å²) in [4.78, 5) is 22.3. The maximum Gasteiger partial charge on any atom is 0.335 e. The van der Waals surface area contributed by atoms with Crippen LogP contribution in [0, 0.1) is 0 Å². The van der Waals surface area contributed by atoms with Crippen LogP contribution in [0.4, 0.5) is 5.69 Å². The minimum absolute atomic E-state index is 0.00106. The first kappa shape index (κ1) is 21.0. The minimum Gasteiger partial charge on any atom is -0.495 e. The molecule has 1 amide bonds. The summed E-state index contributed by atoms with van der Waals surface area (Å²) in [7, 11) is -2.86. The van der Waals surface area contributed by atoms with Gasteiger partial charge in [-0.05, 0) is 37.3 Å². The fourth-order valence-corrected chi connectivity index (χ4v) is 3.52. The lowest BCUT2D eigenvalue weighted by Crippen LogP contribution is -2.28. The summed E-state index contributed by atoms with van der Waals surface area (Å²) in [6, 6.07) is 9.55. The van der Waals surface area contributed by atoms with Crippen LogP contribution >= 0.6 is 0 Å². The highest BCUT2D eigenvalue weighted by Gasteiger charge is 2.22. The number of hydrogen-bond donors (Lipinski definition) is 3. The standard InChI is InChI=1S/C18H20N2O7S/c1-3-19-17(21)11-27-14-6-4-5-13(10-14)20-28(24,25)16-9-12(18(22)23)7-8-15(16)26-2/h4-10,20H,3,11H2,1-2H3,(H,19,21)(H,22,23). The van der Waals surface area contributed by atoms with E-state index in [1.165, 1.54) is 31.4 Å². The quantitative estimate of drug-likeness (QED) is 0.576. The molecule has 3 N–H and O–H groups in total. The van der Waals surface area contributed by atoms with Crippen LogP contribution in [-0.2, 0) is 14.8 Å². The molecule has 2 aromatic rings. The molecule has 0 aliphatic heterocycles. The van der Waals surface area contributed by atoms with Crippen LogP contribution in [-0.4, -0.2) is 45.7 Å². The Bertz CT molecular complexity index is 974. The third-order valence-electron chi connectivity index (χ3n) is 3.53. The molecule has 0 aliphatic carbocycles. The highest BCUT2D eigenvalue weighted by molar-refractivity contribution is 7.92. The zero-order chi connectivity index (χ0) is 20.7. The van der Waals surface area contributed by atoms with Crippen LogP contribution in [0.5, 0.6) is 11.5 Å². The maximum absolute atomic E-state index is 12.7. The van der Waals surface area contributed by atoms with Crippen molar-refractivity contribution < 1.29 is 32.6 Å². The number of nitrogens with one attached hydrogen (secondary N) is 2. The Morgan fingerprint density at radius 3 is 2.54 bits per heavy atom. The van der Waals surface area contributed by atoms with Crippen molar-refractivity contribution in [2.75, 3.05) is 25.0 Å². The van der Waals surface area contributed by atoms with Gasteiger partial charge in [0.1, 0.15) is 16.4 Å². The van der Waals surface area contributed by atoms with E-state index in [0.29, 0.717) is 6.54 Å². The first-order valence-electron chi connectivity index (χ1n) is 8.20. The van der Waals surface area contributed by atoms with Crippen molar-refractivity contribution in [1.82, 2.24) is 5.32 Å². The fourth-order valence-electron chi connectivity index (χ4n) is 2.28. The normalized spacial score (nSPS) is 10.8. The molecule has 9 nitrogen and oxygen atoms in total. The molecule has 0 saturated carbocycles. The third-order valence-corrected chi connectivity index (χ3v) is 4.93. The van der Waals surface area contributed by atoms with Crippen molar-refractivity contribution in [2.45, 2.75) is 11.8 Å². The number of hydrogen-bond acceptors (Lipinski definition) is 6. The maximum atomic E-state index is 12.7. The summed E-state index contributed by atoms with van der Waals surface area (Å²) in [5.74, 6) is -1.28. The van der Waals surface area contributed by atoms with Gasteiger partial charge in [-0.2, -0.15) is 0 Å². The molecule has 28 heavy (non-hydrogen) atoms. The fraction of sp³-hybridized carbons (Fsp3) is 0.222. The molecule has 2 rings (SSSR count). The average Bonchev–Trinajstić information content (AvgIpc) is 2.66. The number of sulfonamides is 1. The Kier molecular flexibility index (Phi) is 6.83. The lowest BCUT2D eigenvalue weighted by Gasteiger charge is -2.13. The number of rotatable bonds is 9. The highest BCUT2D eigenvalue weighted by Crippen LogP contribution is 2.28. The van der Waals surface area contributed by atoms with Crippen LogP contribution in [0.15, 0.2) is 47.4 Å². The first-order valence-corrected chi connectivity index (χ1v) is 9.69. The Labute approximate surface area is 162 Å². The lowest BCUT2D eigenvalue weighted by atomic mass is 10.2. The van der Waals surface area contributed by atoms with E-state index in [1.807, 2.05) is 0 Å². The Hall–Kier alpha value is -3.27. The molecule has 0 spiro atoms. The number of ether oxygens (including phenoxy) is 2. The van der Waals surface area contributed by atoms with Gasteiger partial charge in [0, 0.05) is 12.6 Å². The van der Waals surface area contributed by atoms with Gasteiger partial charge < -0.3 is 19.9 Å².